The van der Waals surface area contributed by atoms with Crippen LogP contribution in [0.25, 0.3) is 0 Å². The molecule has 3 saturated carbocycles. The zero-order valence-corrected chi connectivity index (χ0v) is 20.1. The lowest BCUT2D eigenvalue weighted by molar-refractivity contribution is -0.00570. The molecule has 0 amide bonds. The molecule has 0 unspecified atom stereocenters. The van der Waals surface area contributed by atoms with Crippen molar-refractivity contribution in [2.75, 3.05) is 26.3 Å². The summed E-state index contributed by atoms with van der Waals surface area (Å²) in [6, 6.07) is 0.557. The lowest BCUT2D eigenvalue weighted by Gasteiger charge is -2.45. The normalized spacial score (nSPS) is 41.9. The molecule has 4 fully saturated rings. The molecular weight excluding hydrogens is 386 g/mol. The lowest BCUT2D eigenvalue weighted by Crippen LogP contribution is -2.45. The summed E-state index contributed by atoms with van der Waals surface area (Å²) in [4.78, 5) is 2.63. The molecule has 31 heavy (non-hydrogen) atoms. The summed E-state index contributed by atoms with van der Waals surface area (Å²) < 4.78 is 5.62. The van der Waals surface area contributed by atoms with Crippen molar-refractivity contribution >= 4 is 0 Å². The smallest absolute Gasteiger partial charge is 0.0619 e. The fourth-order valence-electron chi connectivity index (χ4n) is 7.41. The Bertz CT molecular complexity index is 661. The zero-order valence-electron chi connectivity index (χ0n) is 20.1. The number of allylic oxidation sites excluding steroid dienone is 3. The van der Waals surface area contributed by atoms with Crippen molar-refractivity contribution < 1.29 is 14.9 Å². The monoisotopic (exact) mass is 431 g/mol. The Kier molecular flexibility index (Phi) is 7.63. The van der Waals surface area contributed by atoms with Gasteiger partial charge in [0.2, 0.25) is 0 Å². The molecule has 1 aliphatic heterocycles. The standard InChI is InChI=1S/C27H45NO3/c1-19(10-12-28-13-14-31-18-20(28)2)25-8-9-26-22(5-4-11-27(25,26)3)7-6-21-15-23(29)17-24(30)16-21/h6-7,19-20,23-26,29-30H,4-5,8-18H2,1-3H3/b22-7+/t19-,20+,23-,24-,25-,26+,27-/m1/s1. The van der Waals surface area contributed by atoms with E-state index in [1.165, 1.54) is 50.6 Å². The maximum Gasteiger partial charge on any atom is 0.0619 e. The zero-order chi connectivity index (χ0) is 22.0. The first kappa shape index (κ1) is 23.5. The summed E-state index contributed by atoms with van der Waals surface area (Å²) in [6.07, 6.45) is 13.7. The topological polar surface area (TPSA) is 52.9 Å². The van der Waals surface area contributed by atoms with E-state index in [0.717, 1.165) is 44.4 Å². The summed E-state index contributed by atoms with van der Waals surface area (Å²) in [5, 5.41) is 20.0. The number of rotatable bonds is 5. The Labute approximate surface area is 189 Å². The van der Waals surface area contributed by atoms with Gasteiger partial charge in [-0.25, -0.2) is 0 Å². The molecule has 0 aromatic rings. The third-order valence-electron chi connectivity index (χ3n) is 9.17. The highest BCUT2D eigenvalue weighted by Gasteiger charge is 2.50. The molecule has 176 valence electrons. The van der Waals surface area contributed by atoms with Gasteiger partial charge in [0.25, 0.3) is 0 Å². The Hall–Kier alpha value is -0.680. The molecule has 3 aliphatic carbocycles. The van der Waals surface area contributed by atoms with Gasteiger partial charge in [0.1, 0.15) is 0 Å². The second kappa shape index (κ2) is 10.1. The number of aliphatic hydroxyl groups is 2. The molecule has 4 rings (SSSR count). The van der Waals surface area contributed by atoms with E-state index in [4.69, 9.17) is 4.74 Å². The predicted octanol–water partition coefficient (Wildman–Crippen LogP) is 4.71. The van der Waals surface area contributed by atoms with E-state index < -0.39 is 0 Å². The van der Waals surface area contributed by atoms with Gasteiger partial charge in [0, 0.05) is 12.6 Å². The van der Waals surface area contributed by atoms with Crippen molar-refractivity contribution in [3.8, 4) is 0 Å². The number of hydrogen-bond acceptors (Lipinski definition) is 4. The van der Waals surface area contributed by atoms with Crippen molar-refractivity contribution in [3.63, 3.8) is 0 Å². The second-order valence-electron chi connectivity index (χ2n) is 11.3. The van der Waals surface area contributed by atoms with Crippen LogP contribution in [0.2, 0.25) is 0 Å². The molecule has 0 spiro atoms. The maximum atomic E-state index is 10.0. The number of ether oxygens (including phenoxy) is 1. The van der Waals surface area contributed by atoms with Gasteiger partial charge in [-0.3, -0.25) is 4.90 Å². The van der Waals surface area contributed by atoms with Gasteiger partial charge >= 0.3 is 0 Å². The van der Waals surface area contributed by atoms with Crippen LogP contribution >= 0.6 is 0 Å². The second-order valence-corrected chi connectivity index (χ2v) is 11.3. The molecule has 2 N–H and O–H groups in total. The van der Waals surface area contributed by atoms with Crippen LogP contribution in [0.5, 0.6) is 0 Å². The lowest BCUT2D eigenvalue weighted by atomic mass is 9.61. The number of hydrogen-bond donors (Lipinski definition) is 2. The average molecular weight is 432 g/mol. The van der Waals surface area contributed by atoms with Crippen LogP contribution < -0.4 is 0 Å². The van der Waals surface area contributed by atoms with Gasteiger partial charge in [0.15, 0.2) is 0 Å². The van der Waals surface area contributed by atoms with Crippen molar-refractivity contribution in [1.82, 2.24) is 4.90 Å². The van der Waals surface area contributed by atoms with Crippen LogP contribution in [-0.2, 0) is 4.74 Å². The van der Waals surface area contributed by atoms with E-state index in [-0.39, 0.29) is 12.2 Å². The maximum absolute atomic E-state index is 10.0. The summed E-state index contributed by atoms with van der Waals surface area (Å²) >= 11 is 0. The van der Waals surface area contributed by atoms with Crippen LogP contribution in [0.3, 0.4) is 0 Å². The van der Waals surface area contributed by atoms with Gasteiger partial charge < -0.3 is 14.9 Å². The van der Waals surface area contributed by atoms with Crippen molar-refractivity contribution in [2.24, 2.45) is 23.2 Å². The van der Waals surface area contributed by atoms with Crippen molar-refractivity contribution in [3.05, 3.63) is 23.3 Å². The molecule has 0 bridgehead atoms. The van der Waals surface area contributed by atoms with E-state index in [9.17, 15) is 10.2 Å². The minimum absolute atomic E-state index is 0.379. The third kappa shape index (κ3) is 5.29. The van der Waals surface area contributed by atoms with Crippen LogP contribution in [-0.4, -0.2) is 59.7 Å². The molecule has 4 heteroatoms. The average Bonchev–Trinajstić information content (AvgIpc) is 3.08. The fraction of sp³-hybridized carbons (Fsp3) is 0.852. The van der Waals surface area contributed by atoms with Crippen LogP contribution in [0, 0.1) is 23.2 Å². The van der Waals surface area contributed by atoms with Gasteiger partial charge in [0.05, 0.1) is 25.4 Å². The summed E-state index contributed by atoms with van der Waals surface area (Å²) in [5.74, 6) is 2.31. The molecule has 0 aromatic carbocycles. The van der Waals surface area contributed by atoms with E-state index in [0.29, 0.717) is 23.8 Å². The quantitative estimate of drug-likeness (QED) is 0.662. The minimum Gasteiger partial charge on any atom is -0.393 e. The first-order valence-corrected chi connectivity index (χ1v) is 12.9. The Morgan fingerprint density at radius 2 is 1.97 bits per heavy atom. The largest absolute Gasteiger partial charge is 0.393 e. The Morgan fingerprint density at radius 3 is 2.71 bits per heavy atom. The summed E-state index contributed by atoms with van der Waals surface area (Å²) in [6.45, 7) is 11.5. The predicted molar refractivity (Wildman–Crippen MR) is 126 cm³/mol. The first-order chi connectivity index (χ1) is 14.9. The van der Waals surface area contributed by atoms with E-state index in [1.54, 1.807) is 5.57 Å². The van der Waals surface area contributed by atoms with Gasteiger partial charge in [-0.1, -0.05) is 37.1 Å². The van der Waals surface area contributed by atoms with Crippen molar-refractivity contribution in [2.45, 2.75) is 96.8 Å². The van der Waals surface area contributed by atoms with Crippen LogP contribution in [0.1, 0.15) is 78.6 Å². The number of aliphatic hydroxyl groups excluding tert-OH is 2. The van der Waals surface area contributed by atoms with Gasteiger partial charge in [-0.15, -0.1) is 0 Å². The Morgan fingerprint density at radius 1 is 1.19 bits per heavy atom. The first-order valence-electron chi connectivity index (χ1n) is 12.9. The number of morpholine rings is 1. The third-order valence-corrected chi connectivity index (χ3v) is 9.17. The van der Waals surface area contributed by atoms with Crippen LogP contribution in [0.15, 0.2) is 23.3 Å². The highest BCUT2D eigenvalue weighted by molar-refractivity contribution is 5.26. The highest BCUT2D eigenvalue weighted by Crippen LogP contribution is 2.59. The molecule has 1 saturated heterocycles. The molecule has 0 radical (unpaired) electrons. The van der Waals surface area contributed by atoms with Gasteiger partial charge in [-0.05, 0) is 94.4 Å². The minimum atomic E-state index is -0.379. The molecular formula is C27H45NO3. The van der Waals surface area contributed by atoms with E-state index in [2.05, 4.69) is 37.8 Å². The Balaban J connectivity index is 1.40. The van der Waals surface area contributed by atoms with Gasteiger partial charge in [-0.2, -0.15) is 0 Å². The molecule has 4 nitrogen and oxygen atoms in total. The summed E-state index contributed by atoms with van der Waals surface area (Å²) in [7, 11) is 0. The molecule has 7 atom stereocenters. The van der Waals surface area contributed by atoms with E-state index >= 15 is 0 Å². The molecule has 0 aromatic heterocycles. The summed E-state index contributed by atoms with van der Waals surface area (Å²) in [5.41, 5.74) is 3.28. The highest BCUT2D eigenvalue weighted by atomic mass is 16.5. The fourth-order valence-corrected chi connectivity index (χ4v) is 7.41. The van der Waals surface area contributed by atoms with E-state index in [1.807, 2.05) is 0 Å². The van der Waals surface area contributed by atoms with Crippen molar-refractivity contribution in [1.29, 1.82) is 0 Å². The number of nitrogens with zero attached hydrogens (tertiary/aromatic N) is 1. The molecule has 1 heterocycles. The molecule has 4 aliphatic rings. The number of fused-ring (bicyclic) bond motifs is 1. The SMILES string of the molecule is C[C@H](CCN1CCOC[C@@H]1C)[C@H]1CC[C@H]2/C(=C/C=C3C[C@@H](O)C[C@H](O)C3)CCC[C@]12C. The van der Waals surface area contributed by atoms with Crippen LogP contribution in [0.4, 0.5) is 0 Å².